The van der Waals surface area contributed by atoms with Gasteiger partial charge in [-0.25, -0.2) is 0 Å². The van der Waals surface area contributed by atoms with E-state index in [4.69, 9.17) is 30.6 Å². The minimum Gasteiger partial charge on any atom is -0.356 e. The molecule has 0 N–H and O–H groups in total. The van der Waals surface area contributed by atoms with Crippen molar-refractivity contribution in [3.8, 4) is 0 Å². The van der Waals surface area contributed by atoms with Gasteiger partial charge >= 0.3 is 52.0 Å². The van der Waals surface area contributed by atoms with Gasteiger partial charge in [0.25, 0.3) is 0 Å². The van der Waals surface area contributed by atoms with Gasteiger partial charge in [-0.2, -0.15) is 0 Å². The summed E-state index contributed by atoms with van der Waals surface area (Å²) in [6.07, 6.45) is 0. The van der Waals surface area contributed by atoms with E-state index < -0.39 is 10.2 Å². The molecule has 0 saturated carbocycles. The second-order valence-electron chi connectivity index (χ2n) is 0.447. The van der Waals surface area contributed by atoms with E-state index in [1.165, 1.54) is 0 Å². The van der Waals surface area contributed by atoms with Crippen LogP contribution in [0.15, 0.2) is 0 Å². The van der Waals surface area contributed by atoms with Crippen LogP contribution in [-0.2, 0) is 26.2 Å². The fourth-order valence-electron chi connectivity index (χ4n) is 0. The number of rotatable bonds is 0. The summed E-state index contributed by atoms with van der Waals surface area (Å²) in [5.74, 6) is 0. The zero-order valence-electron chi connectivity index (χ0n) is 4.42. The molecule has 0 aromatic carbocycles. The average Bonchev–Trinajstić information content (AvgIpc) is 1.25. The Kier molecular flexibility index (Phi) is 36.1. The average molecular weight is 330 g/mol. The zero-order chi connectivity index (χ0) is 7.15. The van der Waals surface area contributed by atoms with E-state index in [0.29, 0.717) is 0 Å². The van der Waals surface area contributed by atoms with E-state index in [1.807, 2.05) is 0 Å². The first-order valence-electron chi connectivity index (χ1n) is 1.10. The van der Waals surface area contributed by atoms with Gasteiger partial charge < -0.3 is 30.6 Å². The first-order valence-corrected chi connectivity index (χ1v) is 1.10. The van der Waals surface area contributed by atoms with Crippen LogP contribution in [0.4, 0.5) is 0 Å². The molecule has 0 spiro atoms. The summed E-state index contributed by atoms with van der Waals surface area (Å²) in [6.45, 7) is 0. The van der Waals surface area contributed by atoms with Crippen LogP contribution in [0.1, 0.15) is 0 Å². The summed E-state index contributed by atoms with van der Waals surface area (Å²) in [6, 6.07) is 0. The molecule has 0 heterocycles. The van der Waals surface area contributed by atoms with Crippen LogP contribution in [0.5, 0.6) is 0 Å². The predicted octanol–water partition coefficient (Wildman–Crippen LogP) is -0.862. The van der Waals surface area contributed by atoms with Gasteiger partial charge in [-0.05, 0) is 0 Å². The van der Waals surface area contributed by atoms with Crippen molar-refractivity contribution in [1.29, 1.82) is 0 Å². The Hall–Kier alpha value is 0.153. The van der Waals surface area contributed by atoms with Crippen molar-refractivity contribution in [3.05, 3.63) is 30.6 Å². The Balaban J connectivity index is -0.0000000300. The summed E-state index contributed by atoms with van der Waals surface area (Å²) >= 11 is 0. The van der Waals surface area contributed by atoms with E-state index >= 15 is 0 Å². The van der Waals surface area contributed by atoms with Crippen molar-refractivity contribution in [3.63, 3.8) is 0 Å². The Morgan fingerprint density at radius 1 is 0.800 bits per heavy atom. The molecule has 0 aliphatic carbocycles. The van der Waals surface area contributed by atoms with E-state index in [9.17, 15) is 0 Å². The van der Waals surface area contributed by atoms with Crippen molar-refractivity contribution in [2.75, 3.05) is 0 Å². The molecular formula is InN2O6Zr+5. The molecule has 0 bridgehead atoms. The van der Waals surface area contributed by atoms with Gasteiger partial charge in [-0.1, -0.05) is 0 Å². The molecule has 0 amide bonds. The molecule has 0 aromatic rings. The van der Waals surface area contributed by atoms with Crippen LogP contribution in [0, 0.1) is 30.6 Å². The molecule has 0 aliphatic heterocycles. The molecule has 0 unspecified atom stereocenters. The topological polar surface area (TPSA) is 132 Å². The summed E-state index contributed by atoms with van der Waals surface area (Å²) in [5, 5.41) is 29.5. The van der Waals surface area contributed by atoms with Gasteiger partial charge in [-0.3, -0.25) is 0 Å². The van der Waals surface area contributed by atoms with Crippen LogP contribution >= 0.6 is 0 Å². The first-order chi connectivity index (χ1) is 3.46. The Morgan fingerprint density at radius 3 is 0.800 bits per heavy atom. The minimum atomic E-state index is -1.75. The molecule has 0 aromatic heterocycles. The maximum Gasteiger partial charge on any atom is 4.00 e. The summed E-state index contributed by atoms with van der Waals surface area (Å²) < 4.78 is 0. The molecule has 8 nitrogen and oxygen atoms in total. The summed E-state index contributed by atoms with van der Waals surface area (Å²) in [5.41, 5.74) is 0. The van der Waals surface area contributed by atoms with E-state index in [1.54, 1.807) is 0 Å². The quantitative estimate of drug-likeness (QED) is 0.419. The van der Waals surface area contributed by atoms with Crippen LogP contribution in [-0.4, -0.2) is 36.0 Å². The third-order valence-electron chi connectivity index (χ3n) is 0. The van der Waals surface area contributed by atoms with Crippen molar-refractivity contribution >= 4 is 25.8 Å². The maximum absolute atomic E-state index is 8.25. The molecular weight excluding hydrogens is 330 g/mol. The third-order valence-corrected chi connectivity index (χ3v) is 0. The Morgan fingerprint density at radius 2 is 0.800 bits per heavy atom. The van der Waals surface area contributed by atoms with Gasteiger partial charge in [0.1, 0.15) is 0 Å². The monoisotopic (exact) mass is 329 g/mol. The summed E-state index contributed by atoms with van der Waals surface area (Å²) in [7, 11) is 0. The van der Waals surface area contributed by atoms with Crippen LogP contribution in [0.2, 0.25) is 0 Å². The number of hydrogen-bond donors (Lipinski definition) is 0. The van der Waals surface area contributed by atoms with Gasteiger partial charge in [0.15, 0.2) is 0 Å². The molecule has 48 valence electrons. The van der Waals surface area contributed by atoms with E-state index in [-0.39, 0.29) is 52.0 Å². The molecule has 0 fully saturated rings. The van der Waals surface area contributed by atoms with Crippen molar-refractivity contribution < 1.29 is 36.4 Å². The van der Waals surface area contributed by atoms with Gasteiger partial charge in [-0.15, -0.1) is 0 Å². The van der Waals surface area contributed by atoms with Crippen LogP contribution in [0.3, 0.4) is 0 Å². The van der Waals surface area contributed by atoms with Crippen molar-refractivity contribution in [2.45, 2.75) is 0 Å². The number of nitrogens with zero attached hydrogens (tertiary/aromatic N) is 2. The molecule has 0 atom stereocenters. The molecule has 0 rings (SSSR count). The van der Waals surface area contributed by atoms with Crippen LogP contribution in [0.25, 0.3) is 0 Å². The van der Waals surface area contributed by atoms with Crippen LogP contribution < -0.4 is 0 Å². The van der Waals surface area contributed by atoms with E-state index in [2.05, 4.69) is 0 Å². The fourth-order valence-corrected chi connectivity index (χ4v) is 0. The van der Waals surface area contributed by atoms with Gasteiger partial charge in [0.2, 0.25) is 0 Å². The minimum absolute atomic E-state index is 0. The van der Waals surface area contributed by atoms with Gasteiger partial charge in [0, 0.05) is 0 Å². The van der Waals surface area contributed by atoms with Crippen molar-refractivity contribution in [2.24, 2.45) is 0 Å². The smallest absolute Gasteiger partial charge is 0.356 e. The van der Waals surface area contributed by atoms with Gasteiger partial charge in [0.05, 0.1) is 10.2 Å². The predicted molar refractivity (Wildman–Crippen MR) is 26.5 cm³/mol. The normalized spacial score (nSPS) is 4.80. The second-order valence-corrected chi connectivity index (χ2v) is 0.447. The maximum atomic E-state index is 8.25. The zero-order valence-corrected chi connectivity index (χ0v) is 10.2. The Labute approximate surface area is 92.3 Å². The van der Waals surface area contributed by atoms with Crippen molar-refractivity contribution in [1.82, 2.24) is 0 Å². The first kappa shape index (κ1) is 22.5. The molecule has 10 heavy (non-hydrogen) atoms. The fraction of sp³-hybridized carbons (Fsp3) is 0. The third kappa shape index (κ3) is 17800. The Bertz CT molecular complexity index is 73.7. The molecule has 0 saturated heterocycles. The molecule has 10 heteroatoms. The molecule has 0 radical (unpaired) electrons. The summed E-state index contributed by atoms with van der Waals surface area (Å²) in [4.78, 5) is 16.5. The number of hydrogen-bond acceptors (Lipinski definition) is 6. The van der Waals surface area contributed by atoms with E-state index in [0.717, 1.165) is 0 Å². The standard InChI is InChI=1S/In.2NO3.Zr/c;2*2-1(3)4;/q+3;2*-1;+4. The SMILES string of the molecule is O=[N+]([O-])[O-].O=[N+]([O-])[O-].[In+3].[Zr+4]. The second kappa shape index (κ2) is 16.1. The largest absolute Gasteiger partial charge is 4.00 e. The molecule has 0 aliphatic rings.